The smallest absolute Gasteiger partial charge is 0.164 e. The van der Waals surface area contributed by atoms with Crippen molar-refractivity contribution in [3.05, 3.63) is 158 Å². The summed E-state index contributed by atoms with van der Waals surface area (Å²) in [7, 11) is 0. The van der Waals surface area contributed by atoms with Gasteiger partial charge in [-0.2, -0.15) is 0 Å². The Bertz CT molecular complexity index is 3080. The number of furan rings is 2. The van der Waals surface area contributed by atoms with Crippen molar-refractivity contribution in [3.63, 3.8) is 0 Å². The van der Waals surface area contributed by atoms with Gasteiger partial charge in [-0.15, -0.1) is 0 Å². The van der Waals surface area contributed by atoms with Crippen molar-refractivity contribution in [3.8, 4) is 39.9 Å². The molecule has 0 amide bonds. The van der Waals surface area contributed by atoms with Crippen molar-refractivity contribution in [1.82, 2.24) is 19.5 Å². The Labute approximate surface area is 290 Å². The molecule has 6 heteroatoms. The first-order valence-corrected chi connectivity index (χ1v) is 16.9. The van der Waals surface area contributed by atoms with Gasteiger partial charge in [0.15, 0.2) is 17.5 Å². The van der Waals surface area contributed by atoms with Gasteiger partial charge in [0, 0.05) is 55.4 Å². The molecule has 0 saturated carbocycles. The SMILES string of the molecule is c1ccc(-c2nc(-c3ccccc3)nc(-c3ccc4c(c3)oc3cc(-n5c6ccccc6c6c7oc8ccccc8c7ccc65)ccc34)n2)cc1. The molecule has 0 radical (unpaired) electrons. The van der Waals surface area contributed by atoms with Crippen LogP contribution in [-0.2, 0) is 0 Å². The van der Waals surface area contributed by atoms with E-state index in [1.54, 1.807) is 0 Å². The lowest BCUT2D eigenvalue weighted by atomic mass is 10.1. The highest BCUT2D eigenvalue weighted by atomic mass is 16.3. The van der Waals surface area contributed by atoms with Crippen LogP contribution in [0.4, 0.5) is 0 Å². The van der Waals surface area contributed by atoms with Gasteiger partial charge in [0.05, 0.1) is 16.4 Å². The Morgan fingerprint density at radius 2 is 0.941 bits per heavy atom. The van der Waals surface area contributed by atoms with Crippen molar-refractivity contribution < 1.29 is 8.83 Å². The Hall–Kier alpha value is -7.05. The van der Waals surface area contributed by atoms with E-state index in [1.807, 2.05) is 78.9 Å². The van der Waals surface area contributed by atoms with Crippen LogP contribution in [0.3, 0.4) is 0 Å². The van der Waals surface area contributed by atoms with Gasteiger partial charge < -0.3 is 13.4 Å². The summed E-state index contributed by atoms with van der Waals surface area (Å²) in [5.74, 6) is 1.84. The van der Waals surface area contributed by atoms with E-state index in [-0.39, 0.29) is 0 Å². The van der Waals surface area contributed by atoms with Crippen LogP contribution < -0.4 is 0 Å². The van der Waals surface area contributed by atoms with Crippen LogP contribution in [0.2, 0.25) is 0 Å². The number of para-hydroxylation sites is 2. The molecule has 0 unspecified atom stereocenters. The van der Waals surface area contributed by atoms with Crippen LogP contribution in [0, 0.1) is 0 Å². The number of benzene rings is 7. The molecule has 0 atom stereocenters. The van der Waals surface area contributed by atoms with Crippen LogP contribution >= 0.6 is 0 Å². The monoisotopic (exact) mass is 654 g/mol. The number of fused-ring (bicyclic) bond motifs is 10. The van der Waals surface area contributed by atoms with Crippen molar-refractivity contribution in [2.45, 2.75) is 0 Å². The largest absolute Gasteiger partial charge is 0.456 e. The zero-order valence-electron chi connectivity index (χ0n) is 27.1. The van der Waals surface area contributed by atoms with E-state index < -0.39 is 0 Å². The predicted molar refractivity (Wildman–Crippen MR) is 205 cm³/mol. The zero-order valence-corrected chi connectivity index (χ0v) is 27.1. The van der Waals surface area contributed by atoms with E-state index >= 15 is 0 Å². The van der Waals surface area contributed by atoms with Gasteiger partial charge >= 0.3 is 0 Å². The van der Waals surface area contributed by atoms with Gasteiger partial charge in [0.2, 0.25) is 0 Å². The Morgan fingerprint density at radius 3 is 1.69 bits per heavy atom. The number of nitrogens with zero attached hydrogens (tertiary/aromatic N) is 4. The lowest BCUT2D eigenvalue weighted by Crippen LogP contribution is -2.00. The first kappa shape index (κ1) is 27.9. The summed E-state index contributed by atoms with van der Waals surface area (Å²) in [5.41, 5.74) is 9.31. The summed E-state index contributed by atoms with van der Waals surface area (Å²) in [5, 5.41) is 6.58. The van der Waals surface area contributed by atoms with E-state index in [0.29, 0.717) is 17.5 Å². The summed E-state index contributed by atoms with van der Waals surface area (Å²) in [4.78, 5) is 14.7. The van der Waals surface area contributed by atoms with Crippen LogP contribution in [0.15, 0.2) is 167 Å². The van der Waals surface area contributed by atoms with Gasteiger partial charge in [-0.05, 0) is 48.5 Å². The van der Waals surface area contributed by atoms with Crippen LogP contribution in [0.1, 0.15) is 0 Å². The van der Waals surface area contributed by atoms with Gasteiger partial charge in [-0.1, -0.05) is 103 Å². The van der Waals surface area contributed by atoms with E-state index in [9.17, 15) is 0 Å². The van der Waals surface area contributed by atoms with Crippen molar-refractivity contribution in [2.24, 2.45) is 0 Å². The molecule has 238 valence electrons. The summed E-state index contributed by atoms with van der Waals surface area (Å²) in [6.45, 7) is 0. The van der Waals surface area contributed by atoms with Gasteiger partial charge in [-0.3, -0.25) is 0 Å². The third-order valence-corrected chi connectivity index (χ3v) is 9.85. The Balaban J connectivity index is 1.07. The maximum atomic E-state index is 6.61. The molecule has 0 aliphatic heterocycles. The molecular weight excluding hydrogens is 629 g/mol. The minimum atomic E-state index is 0.591. The summed E-state index contributed by atoms with van der Waals surface area (Å²) in [6, 6.07) is 53.8. The molecule has 7 aromatic carbocycles. The maximum absolute atomic E-state index is 6.61. The average molecular weight is 655 g/mol. The van der Waals surface area contributed by atoms with E-state index in [0.717, 1.165) is 88.1 Å². The van der Waals surface area contributed by atoms with Gasteiger partial charge in [0.1, 0.15) is 22.3 Å². The lowest BCUT2D eigenvalue weighted by molar-refractivity contribution is 0.668. The van der Waals surface area contributed by atoms with E-state index in [1.165, 1.54) is 0 Å². The Morgan fingerprint density at radius 1 is 0.373 bits per heavy atom. The molecule has 0 bridgehead atoms. The maximum Gasteiger partial charge on any atom is 0.164 e. The predicted octanol–water partition coefficient (Wildman–Crippen LogP) is 11.8. The first-order valence-electron chi connectivity index (χ1n) is 16.9. The van der Waals surface area contributed by atoms with Crippen LogP contribution in [-0.4, -0.2) is 19.5 Å². The van der Waals surface area contributed by atoms with E-state index in [2.05, 4.69) is 83.4 Å². The number of hydrogen-bond donors (Lipinski definition) is 0. The topological polar surface area (TPSA) is 69.9 Å². The second-order valence-electron chi connectivity index (χ2n) is 12.8. The van der Waals surface area contributed by atoms with Crippen molar-refractivity contribution in [1.29, 1.82) is 0 Å². The standard InChI is InChI=1S/C45H26N4O2/c1-3-11-27(12-4-1)43-46-44(28-13-5-2-6-14-28)48-45(47-43)29-19-21-32-33-22-20-30(26-40(33)50-39(32)25-29)49-36-17-9-7-16-35(36)41-37(49)24-23-34-31-15-8-10-18-38(31)51-42(34)41/h1-26H. The number of rotatable bonds is 4. The molecule has 4 heterocycles. The minimum absolute atomic E-state index is 0.591. The minimum Gasteiger partial charge on any atom is -0.456 e. The molecule has 0 aliphatic rings. The molecule has 11 aromatic rings. The number of hydrogen-bond acceptors (Lipinski definition) is 5. The third-order valence-electron chi connectivity index (χ3n) is 9.85. The second-order valence-corrected chi connectivity index (χ2v) is 12.8. The highest BCUT2D eigenvalue weighted by Crippen LogP contribution is 2.41. The zero-order chi connectivity index (χ0) is 33.5. The fraction of sp³-hybridized carbons (Fsp3) is 0. The molecule has 51 heavy (non-hydrogen) atoms. The molecule has 0 aliphatic carbocycles. The molecule has 0 saturated heterocycles. The van der Waals surface area contributed by atoms with Crippen molar-refractivity contribution >= 4 is 65.7 Å². The summed E-state index contributed by atoms with van der Waals surface area (Å²) < 4.78 is 15.4. The molecule has 0 fully saturated rings. The quantitative estimate of drug-likeness (QED) is 0.189. The number of aromatic nitrogens is 4. The molecule has 6 nitrogen and oxygen atoms in total. The molecular formula is C45H26N4O2. The van der Waals surface area contributed by atoms with E-state index in [4.69, 9.17) is 23.8 Å². The first-order chi connectivity index (χ1) is 25.3. The lowest BCUT2D eigenvalue weighted by Gasteiger charge is -2.08. The summed E-state index contributed by atoms with van der Waals surface area (Å²) >= 11 is 0. The molecule has 0 N–H and O–H groups in total. The van der Waals surface area contributed by atoms with Gasteiger partial charge in [0.25, 0.3) is 0 Å². The van der Waals surface area contributed by atoms with Crippen LogP contribution in [0.25, 0.3) is 106 Å². The fourth-order valence-electron chi connectivity index (χ4n) is 7.49. The molecule has 11 rings (SSSR count). The fourth-order valence-corrected chi connectivity index (χ4v) is 7.49. The second kappa shape index (κ2) is 10.7. The van der Waals surface area contributed by atoms with Gasteiger partial charge in [-0.25, -0.2) is 15.0 Å². The average Bonchev–Trinajstić information content (AvgIpc) is 3.87. The summed E-state index contributed by atoms with van der Waals surface area (Å²) in [6.07, 6.45) is 0. The third kappa shape index (κ3) is 4.26. The van der Waals surface area contributed by atoms with Crippen molar-refractivity contribution in [2.75, 3.05) is 0 Å². The highest BCUT2D eigenvalue weighted by Gasteiger charge is 2.20. The highest BCUT2D eigenvalue weighted by molar-refractivity contribution is 6.24. The Kier molecular flexibility index (Phi) is 5.86. The normalized spacial score (nSPS) is 11.9. The molecule has 4 aromatic heterocycles. The van der Waals surface area contributed by atoms with Crippen LogP contribution in [0.5, 0.6) is 0 Å². The molecule has 0 spiro atoms.